The van der Waals surface area contributed by atoms with Gasteiger partial charge >= 0.3 is 0 Å². The predicted molar refractivity (Wildman–Crippen MR) is 76.9 cm³/mol. The molecule has 0 spiro atoms. The van der Waals surface area contributed by atoms with E-state index in [1.165, 1.54) is 0 Å². The summed E-state index contributed by atoms with van der Waals surface area (Å²) < 4.78 is 0. The van der Waals surface area contributed by atoms with E-state index in [2.05, 4.69) is 34.4 Å². The first kappa shape index (κ1) is 14.7. The second-order valence-corrected chi connectivity index (χ2v) is 4.83. The maximum absolute atomic E-state index is 5.72. The molecule has 18 heavy (non-hydrogen) atoms. The third-order valence-corrected chi connectivity index (χ3v) is 2.75. The maximum Gasteiger partial charge on any atom is 0.132 e. The Morgan fingerprint density at radius 2 is 1.94 bits per heavy atom. The number of nitrogens with two attached hydrogens (primary N) is 1. The quantitative estimate of drug-likeness (QED) is 0.692. The Morgan fingerprint density at radius 3 is 2.56 bits per heavy atom. The number of nitrogens with zero attached hydrogens (tertiary/aromatic N) is 2. The van der Waals surface area contributed by atoms with Crippen molar-refractivity contribution in [2.24, 2.45) is 5.73 Å². The standard InChI is InChI=1S/C13H25N5/c1-5-10(3)16-13-8-12(17-11(4)18-13)15-7-6-9(2)14/h8-10H,5-7,14H2,1-4H3,(H2,15,16,17,18). The highest BCUT2D eigenvalue weighted by molar-refractivity contribution is 5.47. The Hall–Kier alpha value is -1.36. The summed E-state index contributed by atoms with van der Waals surface area (Å²) in [7, 11) is 0. The molecule has 5 heteroatoms. The molecule has 0 bridgehead atoms. The zero-order chi connectivity index (χ0) is 13.5. The third-order valence-electron chi connectivity index (χ3n) is 2.75. The molecule has 0 saturated carbocycles. The molecule has 0 aliphatic carbocycles. The molecule has 1 heterocycles. The summed E-state index contributed by atoms with van der Waals surface area (Å²) in [4.78, 5) is 8.74. The highest BCUT2D eigenvalue weighted by Gasteiger charge is 2.04. The molecule has 5 nitrogen and oxygen atoms in total. The van der Waals surface area contributed by atoms with E-state index in [9.17, 15) is 0 Å². The van der Waals surface area contributed by atoms with E-state index < -0.39 is 0 Å². The molecule has 0 fully saturated rings. The average molecular weight is 251 g/mol. The largest absolute Gasteiger partial charge is 0.370 e. The number of nitrogens with one attached hydrogen (secondary N) is 2. The molecule has 1 aromatic heterocycles. The van der Waals surface area contributed by atoms with Crippen LogP contribution in [-0.2, 0) is 0 Å². The number of aryl methyl sites for hydroxylation is 1. The van der Waals surface area contributed by atoms with Crippen LogP contribution in [0.5, 0.6) is 0 Å². The molecule has 102 valence electrons. The van der Waals surface area contributed by atoms with Gasteiger partial charge in [-0.05, 0) is 33.6 Å². The average Bonchev–Trinajstić information content (AvgIpc) is 2.27. The second-order valence-electron chi connectivity index (χ2n) is 4.83. The zero-order valence-corrected chi connectivity index (χ0v) is 11.8. The van der Waals surface area contributed by atoms with Gasteiger partial charge in [-0.25, -0.2) is 9.97 Å². The first-order valence-corrected chi connectivity index (χ1v) is 6.63. The fourth-order valence-corrected chi connectivity index (χ4v) is 1.51. The molecule has 0 aromatic carbocycles. The second kappa shape index (κ2) is 7.16. The molecule has 1 rings (SSSR count). The minimum absolute atomic E-state index is 0.207. The van der Waals surface area contributed by atoms with Crippen LogP contribution in [0.3, 0.4) is 0 Å². The lowest BCUT2D eigenvalue weighted by Crippen LogP contribution is -2.20. The van der Waals surface area contributed by atoms with Gasteiger partial charge in [-0.3, -0.25) is 0 Å². The number of hydrogen-bond donors (Lipinski definition) is 3. The Labute approximate surface area is 110 Å². The van der Waals surface area contributed by atoms with Gasteiger partial charge in [0.15, 0.2) is 0 Å². The van der Waals surface area contributed by atoms with Crippen LogP contribution in [-0.4, -0.2) is 28.6 Å². The summed E-state index contributed by atoms with van der Waals surface area (Å²) in [5, 5.41) is 6.63. The first-order chi connectivity index (χ1) is 8.51. The van der Waals surface area contributed by atoms with Gasteiger partial charge in [-0.2, -0.15) is 0 Å². The van der Waals surface area contributed by atoms with Gasteiger partial charge < -0.3 is 16.4 Å². The monoisotopic (exact) mass is 251 g/mol. The molecule has 0 radical (unpaired) electrons. The Bertz CT molecular complexity index is 364. The minimum atomic E-state index is 0.207. The fraction of sp³-hybridized carbons (Fsp3) is 0.692. The van der Waals surface area contributed by atoms with Gasteiger partial charge in [0.2, 0.25) is 0 Å². The minimum Gasteiger partial charge on any atom is -0.370 e. The lowest BCUT2D eigenvalue weighted by molar-refractivity contribution is 0.689. The van der Waals surface area contributed by atoms with Crippen LogP contribution in [0, 0.1) is 6.92 Å². The van der Waals surface area contributed by atoms with Gasteiger partial charge in [0.25, 0.3) is 0 Å². The van der Waals surface area contributed by atoms with E-state index in [4.69, 9.17) is 5.73 Å². The van der Waals surface area contributed by atoms with Crippen LogP contribution < -0.4 is 16.4 Å². The molecule has 2 atom stereocenters. The van der Waals surface area contributed by atoms with Crippen molar-refractivity contribution < 1.29 is 0 Å². The van der Waals surface area contributed by atoms with Crippen LogP contribution in [0.2, 0.25) is 0 Å². The van der Waals surface area contributed by atoms with E-state index in [-0.39, 0.29) is 6.04 Å². The summed E-state index contributed by atoms with van der Waals surface area (Å²) in [5.41, 5.74) is 5.72. The van der Waals surface area contributed by atoms with Gasteiger partial charge in [0.05, 0.1) is 0 Å². The van der Waals surface area contributed by atoms with E-state index in [0.29, 0.717) is 6.04 Å². The van der Waals surface area contributed by atoms with Crippen molar-refractivity contribution in [1.82, 2.24) is 9.97 Å². The zero-order valence-electron chi connectivity index (χ0n) is 11.8. The number of hydrogen-bond acceptors (Lipinski definition) is 5. The number of anilines is 2. The Morgan fingerprint density at radius 1 is 1.28 bits per heavy atom. The van der Waals surface area contributed by atoms with Crippen LogP contribution in [0.15, 0.2) is 6.07 Å². The van der Waals surface area contributed by atoms with Gasteiger partial charge in [-0.1, -0.05) is 6.92 Å². The van der Waals surface area contributed by atoms with Gasteiger partial charge in [-0.15, -0.1) is 0 Å². The van der Waals surface area contributed by atoms with E-state index in [1.807, 2.05) is 19.9 Å². The molecular formula is C13H25N5. The summed E-state index contributed by atoms with van der Waals surface area (Å²) in [6.07, 6.45) is 1.99. The van der Waals surface area contributed by atoms with Crippen molar-refractivity contribution in [2.75, 3.05) is 17.2 Å². The van der Waals surface area contributed by atoms with Crippen LogP contribution >= 0.6 is 0 Å². The number of aromatic nitrogens is 2. The first-order valence-electron chi connectivity index (χ1n) is 6.63. The van der Waals surface area contributed by atoms with Crippen LogP contribution in [0.1, 0.15) is 39.4 Å². The SMILES string of the molecule is CCC(C)Nc1cc(NCCC(C)N)nc(C)n1. The molecule has 0 saturated heterocycles. The fourth-order valence-electron chi connectivity index (χ4n) is 1.51. The van der Waals surface area contributed by atoms with Crippen molar-refractivity contribution >= 4 is 11.6 Å². The Balaban J connectivity index is 2.62. The van der Waals surface area contributed by atoms with Crippen molar-refractivity contribution in [3.05, 3.63) is 11.9 Å². The van der Waals surface area contributed by atoms with E-state index >= 15 is 0 Å². The van der Waals surface area contributed by atoms with Crippen molar-refractivity contribution in [3.8, 4) is 0 Å². The molecular weight excluding hydrogens is 226 g/mol. The smallest absolute Gasteiger partial charge is 0.132 e. The van der Waals surface area contributed by atoms with Crippen LogP contribution in [0.4, 0.5) is 11.6 Å². The molecule has 0 aliphatic heterocycles. The molecule has 1 aromatic rings. The maximum atomic E-state index is 5.72. The van der Waals surface area contributed by atoms with Crippen LogP contribution in [0.25, 0.3) is 0 Å². The van der Waals surface area contributed by atoms with Gasteiger partial charge in [0.1, 0.15) is 17.5 Å². The third kappa shape index (κ3) is 5.31. The summed E-state index contributed by atoms with van der Waals surface area (Å²) in [5.74, 6) is 2.50. The highest BCUT2D eigenvalue weighted by Crippen LogP contribution is 2.12. The summed E-state index contributed by atoms with van der Waals surface area (Å²) in [6.45, 7) is 9.02. The molecule has 4 N–H and O–H groups in total. The normalized spacial score (nSPS) is 14.1. The molecule has 0 aliphatic rings. The van der Waals surface area contributed by atoms with E-state index in [0.717, 1.165) is 36.8 Å². The Kier molecular flexibility index (Phi) is 5.85. The number of rotatable bonds is 7. The van der Waals surface area contributed by atoms with Crippen molar-refractivity contribution in [1.29, 1.82) is 0 Å². The molecule has 0 amide bonds. The van der Waals surface area contributed by atoms with Crippen molar-refractivity contribution in [3.63, 3.8) is 0 Å². The van der Waals surface area contributed by atoms with E-state index in [1.54, 1.807) is 0 Å². The van der Waals surface area contributed by atoms with Gasteiger partial charge in [0, 0.05) is 24.7 Å². The molecule has 2 unspecified atom stereocenters. The lowest BCUT2D eigenvalue weighted by atomic mass is 10.2. The predicted octanol–water partition coefficient (Wildman–Crippen LogP) is 2.14. The van der Waals surface area contributed by atoms with Crippen molar-refractivity contribution in [2.45, 2.75) is 52.6 Å². The topological polar surface area (TPSA) is 75.9 Å². The lowest BCUT2D eigenvalue weighted by Gasteiger charge is -2.14. The highest BCUT2D eigenvalue weighted by atomic mass is 15.1. The summed E-state index contributed by atoms with van der Waals surface area (Å²) in [6, 6.07) is 2.56. The summed E-state index contributed by atoms with van der Waals surface area (Å²) >= 11 is 0.